The van der Waals surface area contributed by atoms with Crippen LogP contribution in [-0.4, -0.2) is 10.7 Å². The molecule has 2 aromatic rings. The summed E-state index contributed by atoms with van der Waals surface area (Å²) in [5.74, 6) is 0. The van der Waals surface area contributed by atoms with E-state index >= 15 is 0 Å². The highest BCUT2D eigenvalue weighted by Gasteiger charge is 2.30. The van der Waals surface area contributed by atoms with Crippen LogP contribution >= 0.6 is 0 Å². The molecule has 5 heteroatoms. The zero-order chi connectivity index (χ0) is 12.8. The van der Waals surface area contributed by atoms with Crippen molar-refractivity contribution < 1.29 is 13.2 Å². The SMILES string of the molecule is Cc1c(C)n(CC(F)(F)F)c2cccc(N)c12. The molecule has 1 aromatic heterocycles. The summed E-state index contributed by atoms with van der Waals surface area (Å²) in [6, 6.07) is 5.04. The number of halogens is 3. The van der Waals surface area contributed by atoms with Crippen LogP contribution in [0.1, 0.15) is 11.3 Å². The van der Waals surface area contributed by atoms with Gasteiger partial charge in [0.05, 0.1) is 5.52 Å². The van der Waals surface area contributed by atoms with E-state index in [9.17, 15) is 13.2 Å². The van der Waals surface area contributed by atoms with Crippen molar-refractivity contribution in [1.29, 1.82) is 0 Å². The zero-order valence-electron chi connectivity index (χ0n) is 9.60. The van der Waals surface area contributed by atoms with E-state index in [1.807, 2.05) is 0 Å². The van der Waals surface area contributed by atoms with Crippen LogP contribution in [0.15, 0.2) is 18.2 Å². The van der Waals surface area contributed by atoms with Gasteiger partial charge in [-0.2, -0.15) is 13.2 Å². The molecule has 0 saturated carbocycles. The number of anilines is 1. The highest BCUT2D eigenvalue weighted by atomic mass is 19.4. The number of nitrogen functional groups attached to an aromatic ring is 1. The van der Waals surface area contributed by atoms with Crippen LogP contribution in [-0.2, 0) is 6.54 Å². The number of rotatable bonds is 1. The lowest BCUT2D eigenvalue weighted by atomic mass is 10.1. The van der Waals surface area contributed by atoms with Crippen LogP contribution in [0.25, 0.3) is 10.9 Å². The number of hydrogen-bond donors (Lipinski definition) is 1. The van der Waals surface area contributed by atoms with Gasteiger partial charge in [0.15, 0.2) is 0 Å². The van der Waals surface area contributed by atoms with Gasteiger partial charge >= 0.3 is 6.18 Å². The fraction of sp³-hybridized carbons (Fsp3) is 0.333. The summed E-state index contributed by atoms with van der Waals surface area (Å²) in [5.41, 5.74) is 8.28. The molecular weight excluding hydrogens is 229 g/mol. The van der Waals surface area contributed by atoms with Crippen molar-refractivity contribution in [3.8, 4) is 0 Å². The molecule has 0 aliphatic rings. The molecule has 2 N–H and O–H groups in total. The highest BCUT2D eigenvalue weighted by molar-refractivity contribution is 5.95. The number of nitrogens with zero attached hydrogens (tertiary/aromatic N) is 1. The van der Waals surface area contributed by atoms with Gasteiger partial charge in [0, 0.05) is 16.8 Å². The van der Waals surface area contributed by atoms with Crippen molar-refractivity contribution in [2.24, 2.45) is 0 Å². The smallest absolute Gasteiger partial charge is 0.398 e. The standard InChI is InChI=1S/C12H13F3N2/c1-7-8(2)17(6-12(13,14)15)10-5-3-4-9(16)11(7)10/h3-5H,6,16H2,1-2H3. The van der Waals surface area contributed by atoms with Gasteiger partial charge in [0.2, 0.25) is 0 Å². The summed E-state index contributed by atoms with van der Waals surface area (Å²) in [6.45, 7) is 2.49. The van der Waals surface area contributed by atoms with Gasteiger partial charge in [0.1, 0.15) is 6.54 Å². The Morgan fingerprint density at radius 2 is 1.88 bits per heavy atom. The van der Waals surface area contributed by atoms with E-state index < -0.39 is 12.7 Å². The third-order valence-corrected chi connectivity index (χ3v) is 3.03. The topological polar surface area (TPSA) is 30.9 Å². The molecule has 0 bridgehead atoms. The maximum absolute atomic E-state index is 12.5. The van der Waals surface area contributed by atoms with Crippen LogP contribution in [0.5, 0.6) is 0 Å². The number of aromatic nitrogens is 1. The predicted molar refractivity (Wildman–Crippen MR) is 61.9 cm³/mol. The average Bonchev–Trinajstić information content (AvgIpc) is 2.43. The van der Waals surface area contributed by atoms with Crippen LogP contribution in [0.4, 0.5) is 18.9 Å². The molecule has 1 aromatic carbocycles. The molecule has 0 amide bonds. The zero-order valence-corrected chi connectivity index (χ0v) is 9.60. The van der Waals surface area contributed by atoms with Crippen molar-refractivity contribution in [1.82, 2.24) is 4.57 Å². The normalized spacial score (nSPS) is 12.3. The number of nitrogens with two attached hydrogens (primary N) is 1. The van der Waals surface area contributed by atoms with Gasteiger partial charge in [-0.15, -0.1) is 0 Å². The molecule has 92 valence electrons. The Bertz CT molecular complexity index is 567. The Morgan fingerprint density at radius 3 is 2.47 bits per heavy atom. The fourth-order valence-electron chi connectivity index (χ4n) is 2.14. The minimum absolute atomic E-state index is 0.518. The lowest BCUT2D eigenvalue weighted by Gasteiger charge is -2.11. The number of hydrogen-bond acceptors (Lipinski definition) is 1. The van der Waals surface area contributed by atoms with Crippen LogP contribution in [0.3, 0.4) is 0 Å². The molecule has 0 saturated heterocycles. The summed E-state index contributed by atoms with van der Waals surface area (Å²) >= 11 is 0. The second-order valence-electron chi connectivity index (χ2n) is 4.15. The molecule has 2 rings (SSSR count). The number of alkyl halides is 3. The van der Waals surface area contributed by atoms with Crippen LogP contribution < -0.4 is 5.73 Å². The van der Waals surface area contributed by atoms with Crippen molar-refractivity contribution in [3.63, 3.8) is 0 Å². The summed E-state index contributed by atoms with van der Waals surface area (Å²) in [6.07, 6.45) is -4.23. The summed E-state index contributed by atoms with van der Waals surface area (Å²) in [4.78, 5) is 0. The van der Waals surface area contributed by atoms with Crippen molar-refractivity contribution in [2.45, 2.75) is 26.6 Å². The van der Waals surface area contributed by atoms with Crippen molar-refractivity contribution in [2.75, 3.05) is 5.73 Å². The number of aryl methyl sites for hydroxylation is 1. The summed E-state index contributed by atoms with van der Waals surface area (Å²) in [5, 5.41) is 0.717. The highest BCUT2D eigenvalue weighted by Crippen LogP contribution is 2.32. The van der Waals surface area contributed by atoms with Gasteiger partial charge in [-0.1, -0.05) is 6.07 Å². The molecule has 0 unspecified atom stereocenters. The van der Waals surface area contributed by atoms with E-state index in [4.69, 9.17) is 5.73 Å². The largest absolute Gasteiger partial charge is 0.406 e. The number of benzene rings is 1. The molecule has 2 nitrogen and oxygen atoms in total. The van der Waals surface area contributed by atoms with E-state index in [1.165, 1.54) is 4.57 Å². The van der Waals surface area contributed by atoms with E-state index in [-0.39, 0.29) is 0 Å². The average molecular weight is 242 g/mol. The maximum Gasteiger partial charge on any atom is 0.406 e. The van der Waals surface area contributed by atoms with Gasteiger partial charge in [0.25, 0.3) is 0 Å². The Morgan fingerprint density at radius 1 is 1.24 bits per heavy atom. The Balaban J connectivity index is 2.72. The molecule has 0 atom stereocenters. The molecule has 1 heterocycles. The molecule has 0 spiro atoms. The Labute approximate surface area is 96.8 Å². The lowest BCUT2D eigenvalue weighted by molar-refractivity contribution is -0.140. The molecule has 0 aliphatic heterocycles. The lowest BCUT2D eigenvalue weighted by Crippen LogP contribution is -2.18. The van der Waals surface area contributed by atoms with Crippen LogP contribution in [0, 0.1) is 13.8 Å². The fourth-order valence-corrected chi connectivity index (χ4v) is 2.14. The minimum Gasteiger partial charge on any atom is -0.398 e. The maximum atomic E-state index is 12.5. The second kappa shape index (κ2) is 3.68. The van der Waals surface area contributed by atoms with E-state index in [1.54, 1.807) is 32.0 Å². The molecular formula is C12H13F3N2. The number of fused-ring (bicyclic) bond motifs is 1. The predicted octanol–water partition coefficient (Wildman–Crippen LogP) is 3.40. The van der Waals surface area contributed by atoms with E-state index in [0.29, 0.717) is 22.3 Å². The summed E-state index contributed by atoms with van der Waals surface area (Å²) < 4.78 is 38.8. The van der Waals surface area contributed by atoms with Crippen LogP contribution in [0.2, 0.25) is 0 Å². The summed E-state index contributed by atoms with van der Waals surface area (Å²) in [7, 11) is 0. The monoisotopic (exact) mass is 242 g/mol. The molecule has 0 aliphatic carbocycles. The van der Waals surface area contributed by atoms with Crippen molar-refractivity contribution >= 4 is 16.6 Å². The second-order valence-corrected chi connectivity index (χ2v) is 4.15. The Hall–Kier alpha value is -1.65. The van der Waals surface area contributed by atoms with Gasteiger partial charge in [-0.05, 0) is 31.5 Å². The first-order valence-electron chi connectivity index (χ1n) is 5.22. The molecule has 17 heavy (non-hydrogen) atoms. The van der Waals surface area contributed by atoms with E-state index in [0.717, 1.165) is 5.56 Å². The van der Waals surface area contributed by atoms with Gasteiger partial charge < -0.3 is 10.3 Å². The van der Waals surface area contributed by atoms with Crippen molar-refractivity contribution in [3.05, 3.63) is 29.5 Å². The molecule has 0 radical (unpaired) electrons. The quantitative estimate of drug-likeness (QED) is 0.763. The third-order valence-electron chi connectivity index (χ3n) is 3.03. The van der Waals surface area contributed by atoms with E-state index in [2.05, 4.69) is 0 Å². The first-order chi connectivity index (χ1) is 7.81. The van der Waals surface area contributed by atoms with Gasteiger partial charge in [-0.25, -0.2) is 0 Å². The minimum atomic E-state index is -4.23. The third kappa shape index (κ3) is 1.97. The first kappa shape index (κ1) is 11.8. The molecule has 0 fully saturated rings. The first-order valence-corrected chi connectivity index (χ1v) is 5.22. The van der Waals surface area contributed by atoms with Gasteiger partial charge in [-0.3, -0.25) is 0 Å². The Kier molecular flexibility index (Phi) is 2.56.